The number of hydrogen-bond donors (Lipinski definition) is 0. The van der Waals surface area contributed by atoms with E-state index in [1.54, 1.807) is 0 Å². The van der Waals surface area contributed by atoms with Crippen molar-refractivity contribution in [3.63, 3.8) is 0 Å². The summed E-state index contributed by atoms with van der Waals surface area (Å²) in [5.74, 6) is 0.303. The lowest BCUT2D eigenvalue weighted by molar-refractivity contribution is 0.667. The van der Waals surface area contributed by atoms with Crippen molar-refractivity contribution in [2.75, 3.05) is 0 Å². The summed E-state index contributed by atoms with van der Waals surface area (Å²) in [6.07, 6.45) is 1.82. The van der Waals surface area contributed by atoms with Gasteiger partial charge in [0.05, 0.1) is 11.9 Å². The van der Waals surface area contributed by atoms with Gasteiger partial charge in [-0.3, -0.25) is 4.98 Å². The van der Waals surface area contributed by atoms with Gasteiger partial charge in [-0.05, 0) is 53.6 Å². The lowest BCUT2D eigenvalue weighted by Crippen LogP contribution is -1.95. The van der Waals surface area contributed by atoms with E-state index < -0.39 is 0 Å². The van der Waals surface area contributed by atoms with Crippen molar-refractivity contribution in [3.8, 4) is 11.3 Å². The molecule has 7 rings (SSSR count). The number of hydrogen-bond acceptors (Lipinski definition) is 3. The van der Waals surface area contributed by atoms with Gasteiger partial charge in [0.15, 0.2) is 5.58 Å². The van der Waals surface area contributed by atoms with E-state index >= 15 is 0 Å². The first-order chi connectivity index (χ1) is 16.7. The monoisotopic (exact) mass is 439 g/mol. The molecule has 0 aliphatic carbocycles. The van der Waals surface area contributed by atoms with E-state index in [0.717, 1.165) is 55.1 Å². The smallest absolute Gasteiger partial charge is 0.153 e. The zero-order chi connectivity index (χ0) is 22.6. The molecule has 0 saturated carbocycles. The van der Waals surface area contributed by atoms with E-state index in [4.69, 9.17) is 13.8 Å². The SMILES string of the molecule is CC(c1ccccc1)c1ccc2oc3ccc(-c4cc5c(cn4)oc4ccccc45)cc3c2c1. The summed E-state index contributed by atoms with van der Waals surface area (Å²) in [4.78, 5) is 4.70. The number of furan rings is 2. The maximum absolute atomic E-state index is 6.16. The van der Waals surface area contributed by atoms with Gasteiger partial charge >= 0.3 is 0 Å². The normalized spacial score (nSPS) is 12.7. The third kappa shape index (κ3) is 2.94. The number of fused-ring (bicyclic) bond motifs is 6. The van der Waals surface area contributed by atoms with E-state index in [1.807, 2.05) is 30.5 Å². The maximum atomic E-state index is 6.16. The predicted molar refractivity (Wildman–Crippen MR) is 138 cm³/mol. The Morgan fingerprint density at radius 2 is 1.24 bits per heavy atom. The molecule has 34 heavy (non-hydrogen) atoms. The summed E-state index contributed by atoms with van der Waals surface area (Å²) < 4.78 is 12.1. The fourth-order valence-electron chi connectivity index (χ4n) is 4.95. The van der Waals surface area contributed by atoms with Crippen LogP contribution >= 0.6 is 0 Å². The molecule has 1 unspecified atom stereocenters. The first-order valence-electron chi connectivity index (χ1n) is 11.5. The van der Waals surface area contributed by atoms with Crippen LogP contribution in [0.15, 0.2) is 112 Å². The lowest BCUT2D eigenvalue weighted by Gasteiger charge is -2.12. The zero-order valence-electron chi connectivity index (χ0n) is 18.7. The summed E-state index contributed by atoms with van der Waals surface area (Å²) in [6, 6.07) is 33.7. The van der Waals surface area contributed by atoms with Crippen LogP contribution in [0.1, 0.15) is 24.0 Å². The Bertz CT molecular complexity index is 1830. The van der Waals surface area contributed by atoms with Gasteiger partial charge in [-0.25, -0.2) is 0 Å². The van der Waals surface area contributed by atoms with Crippen LogP contribution in [0, 0.1) is 0 Å². The van der Waals surface area contributed by atoms with Crippen molar-refractivity contribution in [2.45, 2.75) is 12.8 Å². The molecule has 0 radical (unpaired) electrons. The molecule has 3 heterocycles. The molecule has 0 amide bonds. The number of pyridine rings is 1. The van der Waals surface area contributed by atoms with Crippen LogP contribution in [0.4, 0.5) is 0 Å². The molecule has 0 fully saturated rings. The Balaban J connectivity index is 1.37. The third-order valence-electron chi connectivity index (χ3n) is 6.85. The molecule has 0 aliphatic heterocycles. The molecule has 0 aliphatic rings. The molecule has 1 atom stereocenters. The third-order valence-corrected chi connectivity index (χ3v) is 6.85. The van der Waals surface area contributed by atoms with Gasteiger partial charge in [-0.2, -0.15) is 0 Å². The standard InChI is InChI=1S/C31H21NO2/c1-19(20-7-3-2-4-8-20)21-11-13-29-24(15-21)25-16-22(12-14-30(25)33-29)27-17-26-23-9-5-6-10-28(23)34-31(26)18-32-27/h2-19H,1H3. The molecule has 0 spiro atoms. The highest BCUT2D eigenvalue weighted by Crippen LogP contribution is 2.36. The lowest BCUT2D eigenvalue weighted by atomic mass is 9.92. The predicted octanol–water partition coefficient (Wildman–Crippen LogP) is 8.70. The molecule has 4 aromatic carbocycles. The van der Waals surface area contributed by atoms with Crippen LogP contribution in [0.5, 0.6) is 0 Å². The van der Waals surface area contributed by atoms with Gasteiger partial charge in [-0.15, -0.1) is 0 Å². The van der Waals surface area contributed by atoms with E-state index in [-0.39, 0.29) is 0 Å². The van der Waals surface area contributed by atoms with Crippen molar-refractivity contribution in [1.29, 1.82) is 0 Å². The molecular weight excluding hydrogens is 418 g/mol. The number of rotatable bonds is 3. The van der Waals surface area contributed by atoms with Crippen molar-refractivity contribution in [2.24, 2.45) is 0 Å². The van der Waals surface area contributed by atoms with E-state index in [9.17, 15) is 0 Å². The molecule has 3 heteroatoms. The van der Waals surface area contributed by atoms with E-state index in [0.29, 0.717) is 5.92 Å². The summed E-state index contributed by atoms with van der Waals surface area (Å²) in [5, 5.41) is 4.42. The summed E-state index contributed by atoms with van der Waals surface area (Å²) in [6.45, 7) is 2.25. The van der Waals surface area contributed by atoms with Crippen LogP contribution in [-0.2, 0) is 0 Å². The second kappa shape index (κ2) is 7.32. The maximum Gasteiger partial charge on any atom is 0.153 e. The quantitative estimate of drug-likeness (QED) is 0.276. The van der Waals surface area contributed by atoms with Crippen LogP contribution in [0.2, 0.25) is 0 Å². The molecule has 0 bridgehead atoms. The number of aromatic nitrogens is 1. The van der Waals surface area contributed by atoms with Gasteiger partial charge in [0.25, 0.3) is 0 Å². The van der Waals surface area contributed by atoms with Gasteiger partial charge in [0.1, 0.15) is 16.7 Å². The molecule has 3 nitrogen and oxygen atoms in total. The summed E-state index contributed by atoms with van der Waals surface area (Å²) in [5.41, 5.74) is 8.04. The minimum Gasteiger partial charge on any atom is -0.456 e. The fraction of sp³-hybridized carbons (Fsp3) is 0.0645. The highest BCUT2D eigenvalue weighted by molar-refractivity contribution is 6.08. The fourth-order valence-corrected chi connectivity index (χ4v) is 4.95. The first-order valence-corrected chi connectivity index (χ1v) is 11.5. The summed E-state index contributed by atoms with van der Waals surface area (Å²) in [7, 11) is 0. The van der Waals surface area contributed by atoms with E-state index in [1.165, 1.54) is 11.1 Å². The Hall–Kier alpha value is -4.37. The Morgan fingerprint density at radius 3 is 2.12 bits per heavy atom. The summed E-state index contributed by atoms with van der Waals surface area (Å²) >= 11 is 0. The van der Waals surface area contributed by atoms with Crippen molar-refractivity contribution < 1.29 is 8.83 Å². The highest BCUT2D eigenvalue weighted by atomic mass is 16.3. The molecule has 0 N–H and O–H groups in total. The van der Waals surface area contributed by atoms with Crippen molar-refractivity contribution >= 4 is 43.9 Å². The van der Waals surface area contributed by atoms with Gasteiger partial charge in [-0.1, -0.05) is 61.5 Å². The molecule has 162 valence electrons. The second-order valence-electron chi connectivity index (χ2n) is 8.86. The van der Waals surface area contributed by atoms with Crippen LogP contribution in [0.3, 0.4) is 0 Å². The molecule has 0 saturated heterocycles. The van der Waals surface area contributed by atoms with Gasteiger partial charge in [0, 0.05) is 33.0 Å². The average Bonchev–Trinajstić information content (AvgIpc) is 3.45. The Kier molecular flexibility index (Phi) is 4.12. The van der Waals surface area contributed by atoms with Crippen molar-refractivity contribution in [1.82, 2.24) is 4.98 Å². The minimum atomic E-state index is 0.303. The number of para-hydroxylation sites is 1. The average molecular weight is 440 g/mol. The van der Waals surface area contributed by atoms with Gasteiger partial charge in [0.2, 0.25) is 0 Å². The van der Waals surface area contributed by atoms with Crippen molar-refractivity contribution in [3.05, 3.63) is 114 Å². The Labute approximate surface area is 196 Å². The van der Waals surface area contributed by atoms with Gasteiger partial charge < -0.3 is 8.83 Å². The first kappa shape index (κ1) is 19.1. The topological polar surface area (TPSA) is 39.2 Å². The second-order valence-corrected chi connectivity index (χ2v) is 8.86. The largest absolute Gasteiger partial charge is 0.456 e. The number of nitrogens with zero attached hydrogens (tertiary/aromatic N) is 1. The zero-order valence-corrected chi connectivity index (χ0v) is 18.7. The molecule has 7 aromatic rings. The molecular formula is C31H21NO2. The number of benzene rings is 4. The van der Waals surface area contributed by atoms with Crippen LogP contribution < -0.4 is 0 Å². The minimum absolute atomic E-state index is 0.303. The van der Waals surface area contributed by atoms with Crippen LogP contribution in [-0.4, -0.2) is 4.98 Å². The van der Waals surface area contributed by atoms with Crippen LogP contribution in [0.25, 0.3) is 55.1 Å². The van der Waals surface area contributed by atoms with E-state index in [2.05, 4.69) is 79.7 Å². The molecule has 3 aromatic heterocycles. The highest BCUT2D eigenvalue weighted by Gasteiger charge is 2.14. The Morgan fingerprint density at radius 1 is 0.559 bits per heavy atom.